The van der Waals surface area contributed by atoms with Crippen LogP contribution in [-0.2, 0) is 0 Å². The molecule has 0 atom stereocenters. The van der Waals surface area contributed by atoms with Gasteiger partial charge in [0, 0.05) is 11.9 Å². The van der Waals surface area contributed by atoms with Gasteiger partial charge >= 0.3 is 0 Å². The predicted octanol–water partition coefficient (Wildman–Crippen LogP) is 1.21. The number of aromatic nitrogens is 2. The highest BCUT2D eigenvalue weighted by Gasteiger charge is 2.11. The van der Waals surface area contributed by atoms with Crippen molar-refractivity contribution in [2.45, 2.75) is 0 Å². The molecule has 0 aliphatic rings. The number of carbonyl (C=O) groups excluding carboxylic acids is 1. The number of carbonyl (C=O) groups is 1. The van der Waals surface area contributed by atoms with E-state index in [0.29, 0.717) is 22.0 Å². The molecule has 2 rings (SSSR count). The number of anilines is 1. The Hall–Kier alpha value is -2.01. The third-order valence-electron chi connectivity index (χ3n) is 2.08. The van der Waals surface area contributed by atoms with Crippen molar-refractivity contribution in [1.82, 2.24) is 9.78 Å². The second-order valence-corrected chi connectivity index (χ2v) is 3.68. The van der Waals surface area contributed by atoms with Gasteiger partial charge in [-0.15, -0.1) is 0 Å². The quantitative estimate of drug-likeness (QED) is 0.769. The number of amides is 1. The van der Waals surface area contributed by atoms with Crippen molar-refractivity contribution in [2.75, 3.05) is 5.73 Å². The topological polar surface area (TPSA) is 86.9 Å². The minimum atomic E-state index is -0.561. The van der Waals surface area contributed by atoms with E-state index in [1.165, 1.54) is 16.9 Å². The first-order valence-corrected chi connectivity index (χ1v) is 4.85. The van der Waals surface area contributed by atoms with E-state index in [1.54, 1.807) is 18.3 Å². The summed E-state index contributed by atoms with van der Waals surface area (Å²) in [5, 5.41) is 4.47. The molecule has 0 spiro atoms. The van der Waals surface area contributed by atoms with Gasteiger partial charge in [0.05, 0.1) is 22.5 Å². The fraction of sp³-hybridized carbons (Fsp3) is 0. The number of nitrogens with zero attached hydrogens (tertiary/aromatic N) is 2. The molecule has 0 aliphatic heterocycles. The maximum Gasteiger partial charge on any atom is 0.250 e. The van der Waals surface area contributed by atoms with Crippen LogP contribution in [-0.4, -0.2) is 15.7 Å². The molecule has 1 aromatic heterocycles. The lowest BCUT2D eigenvalue weighted by atomic mass is 10.1. The molecule has 0 saturated heterocycles. The summed E-state index contributed by atoms with van der Waals surface area (Å²) >= 11 is 5.75. The van der Waals surface area contributed by atoms with Gasteiger partial charge in [-0.25, -0.2) is 4.68 Å². The van der Waals surface area contributed by atoms with Gasteiger partial charge in [-0.05, 0) is 18.2 Å². The highest BCUT2D eigenvalue weighted by molar-refractivity contribution is 6.30. The minimum absolute atomic E-state index is 0.305. The molecular formula is C10H9ClN4O. The molecule has 1 aromatic carbocycles. The van der Waals surface area contributed by atoms with Gasteiger partial charge in [0.15, 0.2) is 0 Å². The number of benzene rings is 1. The van der Waals surface area contributed by atoms with Gasteiger partial charge < -0.3 is 11.5 Å². The van der Waals surface area contributed by atoms with E-state index in [-0.39, 0.29) is 0 Å². The average Bonchev–Trinajstić information content (AvgIpc) is 2.64. The summed E-state index contributed by atoms with van der Waals surface area (Å²) in [4.78, 5) is 11.2. The van der Waals surface area contributed by atoms with Crippen molar-refractivity contribution < 1.29 is 4.79 Å². The number of hydrogen-bond acceptors (Lipinski definition) is 3. The Kier molecular flexibility index (Phi) is 2.54. The Balaban J connectivity index is 2.60. The minimum Gasteiger partial charge on any atom is -0.399 e. The molecule has 0 fully saturated rings. The van der Waals surface area contributed by atoms with Gasteiger partial charge in [-0.3, -0.25) is 4.79 Å². The zero-order chi connectivity index (χ0) is 11.7. The van der Waals surface area contributed by atoms with Crippen LogP contribution in [0.25, 0.3) is 5.69 Å². The van der Waals surface area contributed by atoms with Crippen molar-refractivity contribution in [3.05, 3.63) is 41.2 Å². The molecule has 4 N–H and O–H groups in total. The van der Waals surface area contributed by atoms with E-state index < -0.39 is 5.91 Å². The fourth-order valence-corrected chi connectivity index (χ4v) is 1.52. The molecule has 2 aromatic rings. The summed E-state index contributed by atoms with van der Waals surface area (Å²) in [6, 6.07) is 4.84. The molecule has 1 amide bonds. The first kappa shape index (κ1) is 10.5. The van der Waals surface area contributed by atoms with Crippen molar-refractivity contribution in [3.8, 4) is 5.69 Å². The molecule has 82 valence electrons. The van der Waals surface area contributed by atoms with Gasteiger partial charge in [-0.2, -0.15) is 5.10 Å². The van der Waals surface area contributed by atoms with E-state index >= 15 is 0 Å². The van der Waals surface area contributed by atoms with E-state index in [0.717, 1.165) is 0 Å². The summed E-state index contributed by atoms with van der Waals surface area (Å²) in [7, 11) is 0. The van der Waals surface area contributed by atoms with Crippen LogP contribution in [0.5, 0.6) is 0 Å². The largest absolute Gasteiger partial charge is 0.399 e. The average molecular weight is 237 g/mol. The second-order valence-electron chi connectivity index (χ2n) is 3.24. The second kappa shape index (κ2) is 3.86. The predicted molar refractivity (Wildman–Crippen MR) is 61.5 cm³/mol. The molecule has 0 saturated carbocycles. The number of halogens is 1. The lowest BCUT2D eigenvalue weighted by molar-refractivity contribution is 0.1000. The molecule has 6 heteroatoms. The smallest absolute Gasteiger partial charge is 0.250 e. The zero-order valence-corrected chi connectivity index (χ0v) is 8.98. The van der Waals surface area contributed by atoms with Crippen LogP contribution in [0.1, 0.15) is 10.4 Å². The maximum atomic E-state index is 11.2. The van der Waals surface area contributed by atoms with Crippen molar-refractivity contribution >= 4 is 23.2 Å². The SMILES string of the molecule is NC(=O)c1cc(N)ccc1-n1cc(Cl)cn1. The first-order chi connectivity index (χ1) is 7.58. The Morgan fingerprint density at radius 1 is 1.44 bits per heavy atom. The Morgan fingerprint density at radius 2 is 2.19 bits per heavy atom. The zero-order valence-electron chi connectivity index (χ0n) is 8.22. The van der Waals surface area contributed by atoms with Gasteiger partial charge in [0.25, 0.3) is 5.91 Å². The molecule has 5 nitrogen and oxygen atoms in total. The summed E-state index contributed by atoms with van der Waals surface area (Å²) in [6.45, 7) is 0. The van der Waals surface area contributed by atoms with Crippen molar-refractivity contribution in [3.63, 3.8) is 0 Å². The molecule has 16 heavy (non-hydrogen) atoms. The Morgan fingerprint density at radius 3 is 2.75 bits per heavy atom. The normalized spacial score (nSPS) is 10.3. The van der Waals surface area contributed by atoms with Crippen LogP contribution in [0, 0.1) is 0 Å². The summed E-state index contributed by atoms with van der Waals surface area (Å²) in [6.07, 6.45) is 3.06. The number of primary amides is 1. The van der Waals surface area contributed by atoms with Crippen molar-refractivity contribution in [1.29, 1.82) is 0 Å². The third kappa shape index (κ3) is 1.85. The van der Waals surface area contributed by atoms with Crippen LogP contribution in [0.2, 0.25) is 5.02 Å². The summed E-state index contributed by atoms with van der Waals surface area (Å²) in [5.74, 6) is -0.561. The monoisotopic (exact) mass is 236 g/mol. The molecule has 0 radical (unpaired) electrons. The third-order valence-corrected chi connectivity index (χ3v) is 2.28. The number of nitrogen functional groups attached to an aromatic ring is 1. The van der Waals surface area contributed by atoms with Gasteiger partial charge in [0.1, 0.15) is 0 Å². The Bertz CT molecular complexity index is 550. The number of hydrogen-bond donors (Lipinski definition) is 2. The van der Waals surface area contributed by atoms with Gasteiger partial charge in [-0.1, -0.05) is 11.6 Å². The van der Waals surface area contributed by atoms with Crippen molar-refractivity contribution in [2.24, 2.45) is 5.73 Å². The van der Waals surface area contributed by atoms with Crippen LogP contribution in [0.3, 0.4) is 0 Å². The van der Waals surface area contributed by atoms with Crippen LogP contribution in [0.4, 0.5) is 5.69 Å². The van der Waals surface area contributed by atoms with Crippen LogP contribution < -0.4 is 11.5 Å². The van der Waals surface area contributed by atoms with Crippen LogP contribution in [0.15, 0.2) is 30.6 Å². The van der Waals surface area contributed by atoms with E-state index in [9.17, 15) is 4.79 Å². The summed E-state index contributed by atoms with van der Waals surface area (Å²) < 4.78 is 1.47. The standard InChI is InChI=1S/C10H9ClN4O/c11-6-4-14-15(5-6)9-2-1-7(12)3-8(9)10(13)16/h1-5H,12H2,(H2,13,16). The molecule has 0 aliphatic carbocycles. The van der Waals surface area contributed by atoms with Crippen LogP contribution >= 0.6 is 11.6 Å². The van der Waals surface area contributed by atoms with E-state index in [4.69, 9.17) is 23.1 Å². The highest BCUT2D eigenvalue weighted by Crippen LogP contribution is 2.18. The van der Waals surface area contributed by atoms with Gasteiger partial charge in [0.2, 0.25) is 0 Å². The molecular weight excluding hydrogens is 228 g/mol. The highest BCUT2D eigenvalue weighted by atomic mass is 35.5. The lowest BCUT2D eigenvalue weighted by Gasteiger charge is -2.07. The number of nitrogens with two attached hydrogens (primary N) is 2. The molecule has 1 heterocycles. The first-order valence-electron chi connectivity index (χ1n) is 4.48. The maximum absolute atomic E-state index is 11.2. The van der Waals surface area contributed by atoms with E-state index in [1.807, 2.05) is 0 Å². The number of rotatable bonds is 2. The Labute approximate surface area is 96.6 Å². The van der Waals surface area contributed by atoms with E-state index in [2.05, 4.69) is 5.10 Å². The lowest BCUT2D eigenvalue weighted by Crippen LogP contribution is -2.15. The fourth-order valence-electron chi connectivity index (χ4n) is 1.38. The molecule has 0 unspecified atom stereocenters. The molecule has 0 bridgehead atoms. The summed E-state index contributed by atoms with van der Waals surface area (Å²) in [5.41, 5.74) is 12.2.